The zero-order chi connectivity index (χ0) is 5.70. The number of hydrogen-bond donors (Lipinski definition) is 1. The highest BCUT2D eigenvalue weighted by Crippen LogP contribution is 1.81. The number of nitrogens with one attached hydrogen (secondary N) is 1. The van der Waals surface area contributed by atoms with Gasteiger partial charge in [0, 0.05) is 29.1 Å². The predicted molar refractivity (Wildman–Crippen MR) is 37.7 cm³/mol. The van der Waals surface area contributed by atoms with Gasteiger partial charge in [-0.05, 0) is 6.42 Å². The Morgan fingerprint density at radius 3 is 2.57 bits per heavy atom. The zero-order valence-corrected chi connectivity index (χ0v) is 6.36. The Kier molecular flexibility index (Phi) is 4.49. The molecule has 0 bridgehead atoms. The summed E-state index contributed by atoms with van der Waals surface area (Å²) in [6.45, 7) is 2.81. The molecule has 0 aromatic heterocycles. The standard InChI is InChI=1S/C4H8INO/c1-2-3-6-4(5)7/h2-3H2,1H3,(H,6,7). The Hall–Kier alpha value is 0.200. The van der Waals surface area contributed by atoms with Crippen molar-refractivity contribution in [3.8, 4) is 0 Å². The third-order valence-corrected chi connectivity index (χ3v) is 0.895. The Morgan fingerprint density at radius 2 is 2.43 bits per heavy atom. The quantitative estimate of drug-likeness (QED) is 0.420. The fraction of sp³-hybridized carbons (Fsp3) is 0.750. The van der Waals surface area contributed by atoms with Crippen molar-refractivity contribution >= 4 is 26.5 Å². The Labute approximate surface area is 56.8 Å². The highest BCUT2D eigenvalue weighted by Gasteiger charge is 1.85. The molecular formula is C4H8INO. The van der Waals surface area contributed by atoms with Crippen molar-refractivity contribution in [2.75, 3.05) is 6.54 Å². The van der Waals surface area contributed by atoms with Crippen LogP contribution in [0, 0.1) is 0 Å². The Bertz CT molecular complexity index is 64.7. The molecule has 7 heavy (non-hydrogen) atoms. The SMILES string of the molecule is CCCNC(=O)I. The average molecular weight is 213 g/mol. The van der Waals surface area contributed by atoms with Crippen molar-refractivity contribution in [1.82, 2.24) is 5.32 Å². The highest BCUT2D eigenvalue weighted by molar-refractivity contribution is 14.1. The van der Waals surface area contributed by atoms with Crippen LogP contribution in [0.2, 0.25) is 0 Å². The second-order valence-corrected chi connectivity index (χ2v) is 2.18. The van der Waals surface area contributed by atoms with Gasteiger partial charge < -0.3 is 5.32 Å². The molecule has 42 valence electrons. The number of halogens is 1. The van der Waals surface area contributed by atoms with Gasteiger partial charge in [0.05, 0.1) is 0 Å². The topological polar surface area (TPSA) is 29.1 Å². The van der Waals surface area contributed by atoms with Gasteiger partial charge in [-0.3, -0.25) is 4.79 Å². The lowest BCUT2D eigenvalue weighted by Crippen LogP contribution is -2.15. The van der Waals surface area contributed by atoms with E-state index >= 15 is 0 Å². The first kappa shape index (κ1) is 7.20. The van der Waals surface area contributed by atoms with Gasteiger partial charge in [-0.1, -0.05) is 6.92 Å². The Morgan fingerprint density at radius 1 is 1.86 bits per heavy atom. The van der Waals surface area contributed by atoms with Gasteiger partial charge in [-0.15, -0.1) is 0 Å². The van der Waals surface area contributed by atoms with E-state index in [0.29, 0.717) is 0 Å². The molecule has 0 spiro atoms. The summed E-state index contributed by atoms with van der Waals surface area (Å²) in [5, 5.41) is 2.64. The fourth-order valence-corrected chi connectivity index (χ4v) is 0.493. The highest BCUT2D eigenvalue weighted by atomic mass is 127. The van der Waals surface area contributed by atoms with Crippen molar-refractivity contribution in [3.63, 3.8) is 0 Å². The third kappa shape index (κ3) is 6.20. The van der Waals surface area contributed by atoms with E-state index in [1.54, 1.807) is 22.6 Å². The lowest BCUT2D eigenvalue weighted by Gasteiger charge is -1.91. The van der Waals surface area contributed by atoms with Crippen LogP contribution in [-0.4, -0.2) is 10.5 Å². The van der Waals surface area contributed by atoms with E-state index in [2.05, 4.69) is 5.32 Å². The summed E-state index contributed by atoms with van der Waals surface area (Å²) in [4.78, 5) is 10.1. The minimum Gasteiger partial charge on any atom is -0.348 e. The van der Waals surface area contributed by atoms with E-state index in [1.165, 1.54) is 0 Å². The molecule has 0 fully saturated rings. The molecule has 0 heterocycles. The van der Waals surface area contributed by atoms with Crippen molar-refractivity contribution < 1.29 is 4.79 Å². The maximum atomic E-state index is 10.1. The van der Waals surface area contributed by atoms with Gasteiger partial charge >= 0.3 is 0 Å². The molecule has 1 N–H and O–H groups in total. The van der Waals surface area contributed by atoms with Gasteiger partial charge in [-0.2, -0.15) is 0 Å². The maximum Gasteiger partial charge on any atom is 0.280 e. The van der Waals surface area contributed by atoms with E-state index in [0.717, 1.165) is 13.0 Å². The molecule has 0 saturated heterocycles. The summed E-state index contributed by atoms with van der Waals surface area (Å²) in [6, 6.07) is 0. The van der Waals surface area contributed by atoms with Crippen LogP contribution in [0.25, 0.3) is 0 Å². The maximum absolute atomic E-state index is 10.1. The number of amides is 1. The van der Waals surface area contributed by atoms with Crippen molar-refractivity contribution in [2.45, 2.75) is 13.3 Å². The molecule has 0 aromatic rings. The van der Waals surface area contributed by atoms with Gasteiger partial charge in [-0.25, -0.2) is 0 Å². The van der Waals surface area contributed by atoms with Gasteiger partial charge in [0.1, 0.15) is 0 Å². The van der Waals surface area contributed by atoms with E-state index in [4.69, 9.17) is 0 Å². The van der Waals surface area contributed by atoms with Crippen molar-refractivity contribution in [3.05, 3.63) is 0 Å². The van der Waals surface area contributed by atoms with Crippen LogP contribution in [0.5, 0.6) is 0 Å². The molecular weight excluding hydrogens is 205 g/mol. The van der Waals surface area contributed by atoms with Crippen LogP contribution < -0.4 is 5.32 Å². The van der Waals surface area contributed by atoms with Crippen LogP contribution >= 0.6 is 22.6 Å². The van der Waals surface area contributed by atoms with Gasteiger partial charge in [0.2, 0.25) is 0 Å². The first-order chi connectivity index (χ1) is 3.27. The number of hydrogen-bond acceptors (Lipinski definition) is 1. The predicted octanol–water partition coefficient (Wildman–Crippen LogP) is 1.54. The molecule has 0 atom stereocenters. The zero-order valence-electron chi connectivity index (χ0n) is 4.20. The molecule has 0 aliphatic rings. The Balaban J connectivity index is 2.82. The molecule has 0 aliphatic carbocycles. The van der Waals surface area contributed by atoms with E-state index < -0.39 is 0 Å². The molecule has 1 amide bonds. The molecule has 0 saturated carbocycles. The smallest absolute Gasteiger partial charge is 0.280 e. The van der Waals surface area contributed by atoms with Crippen molar-refractivity contribution in [1.29, 1.82) is 0 Å². The normalized spacial score (nSPS) is 8.29. The van der Waals surface area contributed by atoms with Crippen LogP contribution in [0.15, 0.2) is 0 Å². The average Bonchev–Trinajstić information content (AvgIpc) is 1.61. The largest absolute Gasteiger partial charge is 0.348 e. The fourth-order valence-electron chi connectivity index (χ4n) is 0.223. The molecule has 0 aromatic carbocycles. The number of rotatable bonds is 2. The van der Waals surface area contributed by atoms with Gasteiger partial charge in [0.15, 0.2) is 0 Å². The summed E-state index contributed by atoms with van der Waals surface area (Å²) < 4.78 is 0.0273. The molecule has 3 heteroatoms. The summed E-state index contributed by atoms with van der Waals surface area (Å²) in [6.07, 6.45) is 1.01. The minimum atomic E-state index is 0.0273. The van der Waals surface area contributed by atoms with Crippen LogP contribution in [0.3, 0.4) is 0 Å². The lowest BCUT2D eigenvalue weighted by molar-refractivity contribution is 0.263. The van der Waals surface area contributed by atoms with Crippen LogP contribution in [0.1, 0.15) is 13.3 Å². The molecule has 0 aliphatic heterocycles. The third-order valence-electron chi connectivity index (χ3n) is 0.514. The second-order valence-electron chi connectivity index (χ2n) is 1.20. The second kappa shape index (κ2) is 4.36. The monoisotopic (exact) mass is 213 g/mol. The van der Waals surface area contributed by atoms with E-state index in [1.807, 2.05) is 6.92 Å². The first-order valence-electron chi connectivity index (χ1n) is 2.20. The van der Waals surface area contributed by atoms with Crippen molar-refractivity contribution in [2.24, 2.45) is 0 Å². The summed E-state index contributed by atoms with van der Waals surface area (Å²) >= 11 is 1.72. The number of carbonyl (C=O) groups excluding carboxylic acids is 1. The summed E-state index contributed by atoms with van der Waals surface area (Å²) in [7, 11) is 0. The lowest BCUT2D eigenvalue weighted by atomic mass is 10.5. The molecule has 0 radical (unpaired) electrons. The van der Waals surface area contributed by atoms with Crippen LogP contribution in [0.4, 0.5) is 4.79 Å². The molecule has 0 rings (SSSR count). The summed E-state index contributed by atoms with van der Waals surface area (Å²) in [5.41, 5.74) is 0. The number of carbonyl (C=O) groups is 1. The first-order valence-corrected chi connectivity index (χ1v) is 3.28. The van der Waals surface area contributed by atoms with Crippen LogP contribution in [-0.2, 0) is 0 Å². The van der Waals surface area contributed by atoms with E-state index in [9.17, 15) is 4.79 Å². The molecule has 0 unspecified atom stereocenters. The minimum absolute atomic E-state index is 0.0273. The molecule has 2 nitrogen and oxygen atoms in total. The summed E-state index contributed by atoms with van der Waals surface area (Å²) in [5.74, 6) is 0. The van der Waals surface area contributed by atoms with E-state index in [-0.39, 0.29) is 3.91 Å². The van der Waals surface area contributed by atoms with Gasteiger partial charge in [0.25, 0.3) is 3.91 Å².